The Balaban J connectivity index is 2.16. The first-order valence-electron chi connectivity index (χ1n) is 8.09. The van der Waals surface area contributed by atoms with E-state index in [9.17, 15) is 9.59 Å². The highest BCUT2D eigenvalue weighted by molar-refractivity contribution is 5.78. The van der Waals surface area contributed by atoms with E-state index in [-0.39, 0.29) is 18.2 Å². The van der Waals surface area contributed by atoms with Gasteiger partial charge in [-0.15, -0.1) is 0 Å². The van der Waals surface area contributed by atoms with E-state index in [1.165, 1.54) is 32.1 Å². The highest BCUT2D eigenvalue weighted by atomic mass is 16.4. The van der Waals surface area contributed by atoms with Crippen LogP contribution in [0.4, 0.5) is 0 Å². The van der Waals surface area contributed by atoms with Crippen molar-refractivity contribution < 1.29 is 14.7 Å². The number of hydrogen-bond donors (Lipinski definition) is 2. The fourth-order valence-electron chi connectivity index (χ4n) is 2.82. The zero-order valence-electron chi connectivity index (χ0n) is 12.7. The predicted octanol–water partition coefficient (Wildman–Crippen LogP) is 3.35. The molecule has 1 atom stereocenters. The second kappa shape index (κ2) is 9.78. The molecule has 4 heteroatoms. The number of carbonyl (C=O) groups excluding carboxylic acids is 1. The van der Waals surface area contributed by atoms with Crippen LogP contribution in [-0.4, -0.2) is 23.5 Å². The van der Waals surface area contributed by atoms with E-state index in [1.54, 1.807) is 0 Å². The molecule has 0 bridgehead atoms. The maximum absolute atomic E-state index is 12.1. The van der Waals surface area contributed by atoms with Crippen molar-refractivity contribution >= 4 is 11.9 Å². The topological polar surface area (TPSA) is 66.4 Å². The number of aliphatic carboxylic acids is 1. The van der Waals surface area contributed by atoms with Gasteiger partial charge in [0.1, 0.15) is 0 Å². The van der Waals surface area contributed by atoms with Crippen molar-refractivity contribution in [2.45, 2.75) is 71.1 Å². The molecule has 2 N–H and O–H groups in total. The van der Waals surface area contributed by atoms with Gasteiger partial charge in [0, 0.05) is 18.9 Å². The van der Waals surface area contributed by atoms with Crippen LogP contribution in [-0.2, 0) is 9.59 Å². The lowest BCUT2D eigenvalue weighted by atomic mass is 9.90. The molecule has 1 saturated carbocycles. The quantitative estimate of drug-likeness (QED) is 0.753. The molecule has 0 aromatic carbocycles. The third kappa shape index (κ3) is 7.51. The molecule has 0 radical (unpaired) electrons. The van der Waals surface area contributed by atoms with E-state index >= 15 is 0 Å². The van der Waals surface area contributed by atoms with Gasteiger partial charge in [0.05, 0.1) is 0 Å². The number of carbonyl (C=O) groups is 2. The van der Waals surface area contributed by atoms with Gasteiger partial charge in [-0.25, -0.2) is 0 Å². The Hall–Kier alpha value is -1.06. The predicted molar refractivity (Wildman–Crippen MR) is 79.5 cm³/mol. The van der Waals surface area contributed by atoms with Crippen LogP contribution in [0.5, 0.6) is 0 Å². The Labute approximate surface area is 122 Å². The number of amides is 1. The third-order valence-electron chi connectivity index (χ3n) is 4.26. The van der Waals surface area contributed by atoms with E-state index in [4.69, 9.17) is 5.11 Å². The van der Waals surface area contributed by atoms with E-state index in [2.05, 4.69) is 5.32 Å². The molecule has 1 aliphatic carbocycles. The molecule has 1 amide bonds. The van der Waals surface area contributed by atoms with E-state index in [1.807, 2.05) is 6.92 Å². The lowest BCUT2D eigenvalue weighted by molar-refractivity contribution is -0.137. The molecule has 1 fully saturated rings. The standard InChI is InChI=1S/C16H29NO3/c1-13(9-10-15(18)19)11-12-17-16(20)14-7-5-3-2-4-6-8-14/h13-14H,2-12H2,1H3,(H,17,20)(H,18,19). The Morgan fingerprint density at radius 3 is 2.30 bits per heavy atom. The number of hydrogen-bond acceptors (Lipinski definition) is 2. The maximum Gasteiger partial charge on any atom is 0.303 e. The molecule has 116 valence electrons. The average Bonchev–Trinajstić information content (AvgIpc) is 2.35. The molecular formula is C16H29NO3. The SMILES string of the molecule is CC(CCNC(=O)C1CCCCCCC1)CCC(=O)O. The second-order valence-electron chi connectivity index (χ2n) is 6.16. The molecule has 0 aliphatic heterocycles. The highest BCUT2D eigenvalue weighted by Gasteiger charge is 2.18. The van der Waals surface area contributed by atoms with Gasteiger partial charge in [-0.05, 0) is 31.6 Å². The minimum Gasteiger partial charge on any atom is -0.481 e. The summed E-state index contributed by atoms with van der Waals surface area (Å²) in [5.41, 5.74) is 0. The molecule has 0 aromatic heterocycles. The lowest BCUT2D eigenvalue weighted by Crippen LogP contribution is -2.32. The van der Waals surface area contributed by atoms with Gasteiger partial charge in [-0.1, -0.05) is 39.0 Å². The molecule has 1 unspecified atom stereocenters. The van der Waals surface area contributed by atoms with Crippen LogP contribution in [0.2, 0.25) is 0 Å². The van der Waals surface area contributed by atoms with Crippen molar-refractivity contribution in [1.29, 1.82) is 0 Å². The monoisotopic (exact) mass is 283 g/mol. The van der Waals surface area contributed by atoms with E-state index in [0.717, 1.165) is 19.3 Å². The summed E-state index contributed by atoms with van der Waals surface area (Å²) < 4.78 is 0. The summed E-state index contributed by atoms with van der Waals surface area (Å²) in [6.45, 7) is 2.72. The van der Waals surface area contributed by atoms with Gasteiger partial charge in [0.25, 0.3) is 0 Å². The number of rotatable bonds is 7. The van der Waals surface area contributed by atoms with Crippen molar-refractivity contribution in [2.24, 2.45) is 11.8 Å². The second-order valence-corrected chi connectivity index (χ2v) is 6.16. The van der Waals surface area contributed by atoms with Gasteiger partial charge in [-0.2, -0.15) is 0 Å². The van der Waals surface area contributed by atoms with Crippen LogP contribution >= 0.6 is 0 Å². The molecule has 4 nitrogen and oxygen atoms in total. The van der Waals surface area contributed by atoms with Crippen LogP contribution in [0, 0.1) is 11.8 Å². The van der Waals surface area contributed by atoms with Crippen LogP contribution in [0.15, 0.2) is 0 Å². The summed E-state index contributed by atoms with van der Waals surface area (Å²) in [4.78, 5) is 22.6. The molecule has 0 heterocycles. The molecule has 0 saturated heterocycles. The van der Waals surface area contributed by atoms with E-state index in [0.29, 0.717) is 18.9 Å². The van der Waals surface area contributed by atoms with Gasteiger partial charge < -0.3 is 10.4 Å². The number of carboxylic acids is 1. The van der Waals surface area contributed by atoms with Gasteiger partial charge in [-0.3, -0.25) is 9.59 Å². The van der Waals surface area contributed by atoms with Crippen LogP contribution in [0.1, 0.15) is 71.1 Å². The Morgan fingerprint density at radius 2 is 1.70 bits per heavy atom. The first-order valence-corrected chi connectivity index (χ1v) is 8.09. The normalized spacial score (nSPS) is 18.9. The van der Waals surface area contributed by atoms with Crippen molar-refractivity contribution in [3.05, 3.63) is 0 Å². The van der Waals surface area contributed by atoms with Crippen molar-refractivity contribution in [3.63, 3.8) is 0 Å². The summed E-state index contributed by atoms with van der Waals surface area (Å²) >= 11 is 0. The van der Waals surface area contributed by atoms with Crippen molar-refractivity contribution in [2.75, 3.05) is 6.54 Å². The largest absolute Gasteiger partial charge is 0.481 e. The fraction of sp³-hybridized carbons (Fsp3) is 0.875. The molecule has 0 spiro atoms. The summed E-state index contributed by atoms with van der Waals surface area (Å²) in [6.07, 6.45) is 10.0. The molecule has 20 heavy (non-hydrogen) atoms. The number of carboxylic acid groups (broad SMARTS) is 1. The summed E-state index contributed by atoms with van der Waals surface area (Å²) in [5.74, 6) is 0.0149. The molecular weight excluding hydrogens is 254 g/mol. The van der Waals surface area contributed by atoms with Crippen molar-refractivity contribution in [1.82, 2.24) is 5.32 Å². The summed E-state index contributed by atoms with van der Waals surface area (Å²) in [5, 5.41) is 11.7. The lowest BCUT2D eigenvalue weighted by Gasteiger charge is -2.19. The van der Waals surface area contributed by atoms with Crippen LogP contribution in [0.25, 0.3) is 0 Å². The van der Waals surface area contributed by atoms with Gasteiger partial charge in [0.2, 0.25) is 5.91 Å². The average molecular weight is 283 g/mol. The Bertz CT molecular complexity index is 296. The zero-order valence-corrected chi connectivity index (χ0v) is 12.7. The fourth-order valence-corrected chi connectivity index (χ4v) is 2.82. The van der Waals surface area contributed by atoms with Crippen LogP contribution < -0.4 is 5.32 Å². The first kappa shape index (κ1) is 17.0. The molecule has 1 rings (SSSR count). The van der Waals surface area contributed by atoms with Crippen LogP contribution in [0.3, 0.4) is 0 Å². The maximum atomic E-state index is 12.1. The first-order chi connectivity index (χ1) is 9.59. The molecule has 1 aliphatic rings. The minimum atomic E-state index is -0.740. The molecule has 0 aromatic rings. The smallest absolute Gasteiger partial charge is 0.303 e. The zero-order chi connectivity index (χ0) is 14.8. The minimum absolute atomic E-state index is 0.199. The Kier molecular flexibility index (Phi) is 8.31. The third-order valence-corrected chi connectivity index (χ3v) is 4.26. The highest BCUT2D eigenvalue weighted by Crippen LogP contribution is 2.22. The van der Waals surface area contributed by atoms with Gasteiger partial charge >= 0.3 is 5.97 Å². The van der Waals surface area contributed by atoms with Gasteiger partial charge in [0.15, 0.2) is 0 Å². The summed E-state index contributed by atoms with van der Waals surface area (Å²) in [7, 11) is 0. The van der Waals surface area contributed by atoms with E-state index < -0.39 is 5.97 Å². The van der Waals surface area contributed by atoms with Crippen molar-refractivity contribution in [3.8, 4) is 0 Å². The number of nitrogens with one attached hydrogen (secondary N) is 1. The summed E-state index contributed by atoms with van der Waals surface area (Å²) in [6, 6.07) is 0. The Morgan fingerprint density at radius 1 is 1.10 bits per heavy atom.